The van der Waals surface area contributed by atoms with Gasteiger partial charge in [-0.05, 0) is 30.7 Å². The summed E-state index contributed by atoms with van der Waals surface area (Å²) in [6, 6.07) is 10.3. The summed E-state index contributed by atoms with van der Waals surface area (Å²) in [6.07, 6.45) is 1.52. The average molecular weight is 292 g/mol. The third-order valence-corrected chi connectivity index (χ3v) is 5.19. The molecule has 2 fully saturated rings. The molecule has 2 atom stereocenters. The summed E-state index contributed by atoms with van der Waals surface area (Å²) in [5.74, 6) is 1.33. The van der Waals surface area contributed by atoms with E-state index in [1.54, 1.807) is 11.8 Å². The molecule has 3 rings (SSSR count). The molecular weight excluding hydrogens is 272 g/mol. The highest BCUT2D eigenvalue weighted by Crippen LogP contribution is 2.30. The molecule has 2 heterocycles. The van der Waals surface area contributed by atoms with Gasteiger partial charge in [-0.3, -0.25) is 4.79 Å². The van der Waals surface area contributed by atoms with E-state index in [2.05, 4.69) is 5.32 Å². The van der Waals surface area contributed by atoms with Crippen LogP contribution in [0.4, 0.5) is 5.69 Å². The molecule has 0 spiro atoms. The zero-order valence-electron chi connectivity index (χ0n) is 11.4. The zero-order chi connectivity index (χ0) is 14.0. The molecule has 0 saturated carbocycles. The number of anilines is 1. The lowest BCUT2D eigenvalue weighted by atomic mass is 10.0. The van der Waals surface area contributed by atoms with Crippen molar-refractivity contribution in [3.05, 3.63) is 30.3 Å². The lowest BCUT2D eigenvalue weighted by Gasteiger charge is -2.27. The van der Waals surface area contributed by atoms with Crippen molar-refractivity contribution in [1.29, 1.82) is 0 Å². The van der Waals surface area contributed by atoms with Crippen molar-refractivity contribution >= 4 is 23.4 Å². The van der Waals surface area contributed by atoms with Crippen LogP contribution in [0.1, 0.15) is 12.8 Å². The van der Waals surface area contributed by atoms with Crippen LogP contribution in [-0.4, -0.2) is 52.2 Å². The first-order valence-electron chi connectivity index (χ1n) is 7.08. The van der Waals surface area contributed by atoms with Gasteiger partial charge in [-0.15, -0.1) is 0 Å². The van der Waals surface area contributed by atoms with Gasteiger partial charge in [0.15, 0.2) is 5.60 Å². The van der Waals surface area contributed by atoms with Gasteiger partial charge in [0.1, 0.15) is 0 Å². The number of hydrogen-bond donors (Lipinski definition) is 2. The van der Waals surface area contributed by atoms with Gasteiger partial charge in [-0.2, -0.15) is 11.8 Å². The van der Waals surface area contributed by atoms with E-state index < -0.39 is 5.60 Å². The van der Waals surface area contributed by atoms with E-state index in [4.69, 9.17) is 0 Å². The summed E-state index contributed by atoms with van der Waals surface area (Å²) in [5.41, 5.74) is -0.0336. The van der Waals surface area contributed by atoms with Crippen molar-refractivity contribution in [3.63, 3.8) is 0 Å². The highest BCUT2D eigenvalue weighted by Gasteiger charge is 2.43. The van der Waals surface area contributed by atoms with E-state index in [1.165, 1.54) is 0 Å². The van der Waals surface area contributed by atoms with E-state index in [-0.39, 0.29) is 11.9 Å². The molecule has 2 saturated heterocycles. The highest BCUT2D eigenvalue weighted by atomic mass is 32.2. The van der Waals surface area contributed by atoms with Crippen molar-refractivity contribution in [2.75, 3.05) is 29.9 Å². The molecule has 0 bridgehead atoms. The fraction of sp³-hybridized carbons (Fsp3) is 0.533. The molecule has 4 nitrogen and oxygen atoms in total. The Hall–Kier alpha value is -1.20. The van der Waals surface area contributed by atoms with E-state index in [9.17, 15) is 9.90 Å². The summed E-state index contributed by atoms with van der Waals surface area (Å²) in [6.45, 7) is 1.41. The van der Waals surface area contributed by atoms with Crippen LogP contribution in [0.2, 0.25) is 0 Å². The molecule has 2 aliphatic heterocycles. The van der Waals surface area contributed by atoms with Crippen LogP contribution in [0, 0.1) is 0 Å². The van der Waals surface area contributed by atoms with Gasteiger partial charge in [-0.1, -0.05) is 18.2 Å². The maximum Gasteiger partial charge on any atom is 0.255 e. The minimum Gasteiger partial charge on any atom is -0.380 e. The minimum atomic E-state index is -1.12. The molecule has 5 heteroatoms. The second-order valence-electron chi connectivity index (χ2n) is 5.58. The van der Waals surface area contributed by atoms with E-state index in [0.717, 1.165) is 24.4 Å². The number of hydrogen-bond acceptors (Lipinski definition) is 4. The predicted octanol–water partition coefficient (Wildman–Crippen LogP) is 1.57. The van der Waals surface area contributed by atoms with Crippen molar-refractivity contribution in [2.45, 2.75) is 24.5 Å². The Kier molecular flexibility index (Phi) is 3.89. The second kappa shape index (κ2) is 5.66. The summed E-state index contributed by atoms with van der Waals surface area (Å²) in [5, 5.41) is 13.8. The standard InChI is InChI=1S/C15H20N2O2S/c18-14(15(19)7-9-20-11-15)17-8-6-13(10-17)16-12-4-2-1-3-5-12/h1-5,13,16,19H,6-11H2. The average Bonchev–Trinajstić information content (AvgIpc) is 3.09. The molecule has 20 heavy (non-hydrogen) atoms. The third-order valence-electron chi connectivity index (χ3n) is 4.02. The van der Waals surface area contributed by atoms with Crippen molar-refractivity contribution in [2.24, 2.45) is 0 Å². The summed E-state index contributed by atoms with van der Waals surface area (Å²) in [4.78, 5) is 14.2. The lowest BCUT2D eigenvalue weighted by Crippen LogP contribution is -2.48. The van der Waals surface area contributed by atoms with Crippen molar-refractivity contribution in [3.8, 4) is 0 Å². The number of likely N-dealkylation sites (tertiary alicyclic amines) is 1. The Labute approximate surface area is 123 Å². The molecule has 1 aromatic carbocycles. The summed E-state index contributed by atoms with van der Waals surface area (Å²) >= 11 is 1.66. The number of nitrogens with zero attached hydrogens (tertiary/aromatic N) is 1. The molecule has 0 radical (unpaired) electrons. The van der Waals surface area contributed by atoms with Gasteiger partial charge in [-0.25, -0.2) is 0 Å². The zero-order valence-corrected chi connectivity index (χ0v) is 12.2. The topological polar surface area (TPSA) is 52.6 Å². The monoisotopic (exact) mass is 292 g/mol. The maximum absolute atomic E-state index is 12.4. The predicted molar refractivity (Wildman–Crippen MR) is 81.9 cm³/mol. The van der Waals surface area contributed by atoms with Gasteiger partial charge < -0.3 is 15.3 Å². The van der Waals surface area contributed by atoms with E-state index >= 15 is 0 Å². The third kappa shape index (κ3) is 2.79. The molecule has 2 aliphatic rings. The normalized spacial score (nSPS) is 29.6. The van der Waals surface area contributed by atoms with Crippen LogP contribution < -0.4 is 5.32 Å². The number of benzene rings is 1. The number of carbonyl (C=O) groups is 1. The largest absolute Gasteiger partial charge is 0.380 e. The number of carbonyl (C=O) groups excluding carboxylic acids is 1. The van der Waals surface area contributed by atoms with Gasteiger partial charge in [0.25, 0.3) is 5.91 Å². The number of amides is 1. The van der Waals surface area contributed by atoms with Crippen LogP contribution in [-0.2, 0) is 4.79 Å². The fourth-order valence-corrected chi connectivity index (χ4v) is 4.08. The molecule has 2 unspecified atom stereocenters. The van der Waals surface area contributed by atoms with Crippen LogP contribution in [0.15, 0.2) is 30.3 Å². The number of thioether (sulfide) groups is 1. The molecule has 0 aliphatic carbocycles. The Morgan fingerprint density at radius 3 is 2.90 bits per heavy atom. The smallest absolute Gasteiger partial charge is 0.255 e. The lowest BCUT2D eigenvalue weighted by molar-refractivity contribution is -0.147. The van der Waals surface area contributed by atoms with E-state index in [1.807, 2.05) is 35.2 Å². The van der Waals surface area contributed by atoms with Gasteiger partial charge in [0, 0.05) is 30.6 Å². The number of aliphatic hydroxyl groups is 1. The second-order valence-corrected chi connectivity index (χ2v) is 6.69. The SMILES string of the molecule is O=C(N1CCC(Nc2ccccc2)C1)C1(O)CCSC1. The summed E-state index contributed by atoms with van der Waals surface area (Å²) in [7, 11) is 0. The van der Waals surface area contributed by atoms with Crippen molar-refractivity contribution < 1.29 is 9.90 Å². The molecule has 2 N–H and O–H groups in total. The Morgan fingerprint density at radius 2 is 2.20 bits per heavy atom. The first-order chi connectivity index (χ1) is 9.67. The van der Waals surface area contributed by atoms with E-state index in [0.29, 0.717) is 18.7 Å². The van der Waals surface area contributed by atoms with Crippen LogP contribution in [0.5, 0.6) is 0 Å². The van der Waals surface area contributed by atoms with Crippen LogP contribution >= 0.6 is 11.8 Å². The first kappa shape index (κ1) is 13.8. The minimum absolute atomic E-state index is 0.0835. The molecule has 1 amide bonds. The molecule has 108 valence electrons. The van der Waals surface area contributed by atoms with Crippen LogP contribution in [0.25, 0.3) is 0 Å². The molecule has 0 aromatic heterocycles. The first-order valence-corrected chi connectivity index (χ1v) is 8.24. The van der Waals surface area contributed by atoms with Gasteiger partial charge in [0.2, 0.25) is 0 Å². The molecular formula is C15H20N2O2S. The Bertz CT molecular complexity index is 474. The number of nitrogens with one attached hydrogen (secondary N) is 1. The van der Waals surface area contributed by atoms with Gasteiger partial charge in [0.05, 0.1) is 0 Å². The Balaban J connectivity index is 1.58. The highest BCUT2D eigenvalue weighted by molar-refractivity contribution is 7.99. The summed E-state index contributed by atoms with van der Waals surface area (Å²) < 4.78 is 0. The maximum atomic E-state index is 12.4. The fourth-order valence-electron chi connectivity index (χ4n) is 2.85. The van der Waals surface area contributed by atoms with Crippen molar-refractivity contribution in [1.82, 2.24) is 4.90 Å². The number of rotatable bonds is 3. The number of para-hydroxylation sites is 1. The van der Waals surface area contributed by atoms with Crippen LogP contribution in [0.3, 0.4) is 0 Å². The quantitative estimate of drug-likeness (QED) is 0.888. The molecule has 1 aromatic rings. The van der Waals surface area contributed by atoms with Gasteiger partial charge >= 0.3 is 0 Å². The Morgan fingerprint density at radius 1 is 1.40 bits per heavy atom.